The first-order valence-corrected chi connectivity index (χ1v) is 9.11. The molecule has 3 fully saturated rings. The van der Waals surface area contributed by atoms with Crippen molar-refractivity contribution in [3.63, 3.8) is 0 Å². The molecule has 1 unspecified atom stereocenters. The van der Waals surface area contributed by atoms with Gasteiger partial charge in [-0.1, -0.05) is 29.4 Å². The summed E-state index contributed by atoms with van der Waals surface area (Å²) in [5, 5.41) is 16.6. The van der Waals surface area contributed by atoms with Crippen molar-refractivity contribution in [1.29, 1.82) is 0 Å². The van der Waals surface area contributed by atoms with Gasteiger partial charge in [0.15, 0.2) is 0 Å². The lowest BCUT2D eigenvalue weighted by Crippen LogP contribution is -2.61. The summed E-state index contributed by atoms with van der Waals surface area (Å²) in [5.74, 6) is 0.992. The average molecular weight is 349 g/mol. The standard InChI is InChI=1S/C20H23N5O/c1-2-14-12-25-10-8-15(14)11-19(25)20(26,13-23-24-21)17-7-9-22-18-6-4-3-5-16(17)18/h2-7,9,14-15,19,26H,1,8,10-13H2/t14-,15-,19+,20+/m0/s1. The van der Waals surface area contributed by atoms with Crippen molar-refractivity contribution in [2.24, 2.45) is 17.0 Å². The van der Waals surface area contributed by atoms with Crippen LogP contribution >= 0.6 is 0 Å². The predicted molar refractivity (Wildman–Crippen MR) is 101 cm³/mol. The van der Waals surface area contributed by atoms with Gasteiger partial charge >= 0.3 is 0 Å². The normalized spacial score (nSPS) is 29.7. The molecule has 0 spiro atoms. The van der Waals surface area contributed by atoms with Crippen LogP contribution in [0.2, 0.25) is 0 Å². The molecule has 3 aliphatic heterocycles. The molecule has 1 aromatic carbocycles. The zero-order valence-electron chi connectivity index (χ0n) is 14.7. The summed E-state index contributed by atoms with van der Waals surface area (Å²) in [5.41, 5.74) is 9.30. The van der Waals surface area contributed by atoms with Crippen LogP contribution in [0.5, 0.6) is 0 Å². The van der Waals surface area contributed by atoms with E-state index in [1.807, 2.05) is 36.4 Å². The summed E-state index contributed by atoms with van der Waals surface area (Å²) in [4.78, 5) is 9.68. The number of aliphatic hydroxyl groups is 1. The fourth-order valence-corrected chi connectivity index (χ4v) is 4.82. The van der Waals surface area contributed by atoms with Crippen molar-refractivity contribution in [2.45, 2.75) is 24.5 Å². The molecular weight excluding hydrogens is 326 g/mol. The second-order valence-electron chi connectivity index (χ2n) is 7.38. The maximum Gasteiger partial charge on any atom is 0.111 e. The maximum atomic E-state index is 11.9. The molecule has 1 aromatic heterocycles. The van der Waals surface area contributed by atoms with E-state index < -0.39 is 5.60 Å². The van der Waals surface area contributed by atoms with Crippen LogP contribution in [0.4, 0.5) is 0 Å². The van der Waals surface area contributed by atoms with Crippen molar-refractivity contribution in [3.8, 4) is 0 Å². The van der Waals surface area contributed by atoms with Gasteiger partial charge in [0.2, 0.25) is 0 Å². The number of piperidine rings is 3. The Morgan fingerprint density at radius 2 is 2.27 bits per heavy atom. The molecular formula is C20H23N5O. The number of para-hydroxylation sites is 1. The molecule has 3 aliphatic rings. The molecule has 0 radical (unpaired) electrons. The number of pyridine rings is 1. The second-order valence-corrected chi connectivity index (χ2v) is 7.38. The number of azide groups is 1. The number of benzene rings is 1. The van der Waals surface area contributed by atoms with Crippen LogP contribution in [0.15, 0.2) is 54.3 Å². The second kappa shape index (κ2) is 6.72. The highest BCUT2D eigenvalue weighted by Gasteiger charge is 2.49. The van der Waals surface area contributed by atoms with E-state index >= 15 is 0 Å². The molecule has 0 saturated carbocycles. The molecule has 1 N–H and O–H groups in total. The average Bonchev–Trinajstić information content (AvgIpc) is 2.71. The van der Waals surface area contributed by atoms with E-state index in [0.29, 0.717) is 11.8 Å². The number of rotatable bonds is 5. The highest BCUT2D eigenvalue weighted by Crippen LogP contribution is 2.45. The number of fused-ring (bicyclic) bond motifs is 4. The van der Waals surface area contributed by atoms with Crippen molar-refractivity contribution >= 4 is 10.9 Å². The summed E-state index contributed by atoms with van der Waals surface area (Å²) in [6.45, 7) is 5.86. The van der Waals surface area contributed by atoms with Crippen LogP contribution in [0, 0.1) is 11.8 Å². The lowest BCUT2D eigenvalue weighted by Gasteiger charge is -2.54. The summed E-state index contributed by atoms with van der Waals surface area (Å²) >= 11 is 0. The van der Waals surface area contributed by atoms with E-state index in [-0.39, 0.29) is 12.6 Å². The van der Waals surface area contributed by atoms with Crippen LogP contribution < -0.4 is 0 Å². The van der Waals surface area contributed by atoms with Crippen LogP contribution in [0.1, 0.15) is 18.4 Å². The van der Waals surface area contributed by atoms with Gasteiger partial charge in [-0.05, 0) is 54.4 Å². The van der Waals surface area contributed by atoms with Gasteiger partial charge in [-0.3, -0.25) is 9.88 Å². The van der Waals surface area contributed by atoms with E-state index in [0.717, 1.165) is 42.4 Å². The molecule has 6 nitrogen and oxygen atoms in total. The van der Waals surface area contributed by atoms with Crippen molar-refractivity contribution in [2.75, 3.05) is 19.6 Å². The molecule has 5 atom stereocenters. The first-order valence-electron chi connectivity index (χ1n) is 9.11. The number of hydrogen-bond acceptors (Lipinski definition) is 4. The third-order valence-corrected chi connectivity index (χ3v) is 6.15. The minimum Gasteiger partial charge on any atom is -0.383 e. The zero-order valence-corrected chi connectivity index (χ0v) is 14.7. The van der Waals surface area contributed by atoms with Gasteiger partial charge in [0, 0.05) is 29.1 Å². The van der Waals surface area contributed by atoms with Crippen molar-refractivity contribution in [3.05, 3.63) is 65.2 Å². The number of hydrogen-bond donors (Lipinski definition) is 1. The third kappa shape index (κ3) is 2.67. The highest BCUT2D eigenvalue weighted by atomic mass is 16.3. The summed E-state index contributed by atoms with van der Waals surface area (Å²) in [7, 11) is 0. The van der Waals surface area contributed by atoms with Gasteiger partial charge in [0.25, 0.3) is 0 Å². The molecule has 2 bridgehead atoms. The van der Waals surface area contributed by atoms with Crippen LogP contribution in [-0.2, 0) is 5.60 Å². The molecule has 0 aliphatic carbocycles. The Kier molecular flexibility index (Phi) is 4.41. The van der Waals surface area contributed by atoms with E-state index in [2.05, 4.69) is 26.5 Å². The molecule has 5 rings (SSSR count). The Hall–Kier alpha value is -2.40. The van der Waals surface area contributed by atoms with Crippen LogP contribution in [-0.4, -0.2) is 40.7 Å². The Morgan fingerprint density at radius 3 is 3.00 bits per heavy atom. The van der Waals surface area contributed by atoms with Gasteiger partial charge in [-0.2, -0.15) is 0 Å². The van der Waals surface area contributed by atoms with Gasteiger partial charge in [-0.25, -0.2) is 0 Å². The van der Waals surface area contributed by atoms with Gasteiger partial charge in [-0.15, -0.1) is 6.58 Å². The molecule has 0 amide bonds. The maximum absolute atomic E-state index is 11.9. The molecule has 2 aromatic rings. The Morgan fingerprint density at radius 1 is 1.42 bits per heavy atom. The van der Waals surface area contributed by atoms with Gasteiger partial charge in [0.1, 0.15) is 5.60 Å². The molecule has 3 saturated heterocycles. The smallest absolute Gasteiger partial charge is 0.111 e. The van der Waals surface area contributed by atoms with Crippen LogP contribution in [0.3, 0.4) is 0 Å². The van der Waals surface area contributed by atoms with Gasteiger partial charge in [0.05, 0.1) is 12.1 Å². The fourth-order valence-electron chi connectivity index (χ4n) is 4.82. The number of aromatic nitrogens is 1. The Bertz CT molecular complexity index is 872. The SMILES string of the molecule is C=C[C@H]1CN2CC[C@H]1C[C@@H]2[C@@](O)(CN=[N+]=[N-])c1ccnc2ccccc12. The van der Waals surface area contributed by atoms with E-state index in [1.54, 1.807) is 6.20 Å². The Balaban J connectivity index is 1.81. The minimum absolute atomic E-state index is 0.0180. The third-order valence-electron chi connectivity index (χ3n) is 6.15. The summed E-state index contributed by atoms with van der Waals surface area (Å²) in [6, 6.07) is 9.59. The zero-order chi connectivity index (χ0) is 18.1. The lowest BCUT2D eigenvalue weighted by molar-refractivity contribution is -0.103. The quantitative estimate of drug-likeness (QED) is 0.387. The van der Waals surface area contributed by atoms with Crippen molar-refractivity contribution in [1.82, 2.24) is 9.88 Å². The fraction of sp³-hybridized carbons (Fsp3) is 0.450. The highest BCUT2D eigenvalue weighted by molar-refractivity contribution is 5.83. The Labute approximate surface area is 152 Å². The van der Waals surface area contributed by atoms with E-state index in [4.69, 9.17) is 5.53 Å². The minimum atomic E-state index is -1.24. The van der Waals surface area contributed by atoms with Gasteiger partial charge < -0.3 is 5.11 Å². The molecule has 6 heteroatoms. The predicted octanol–water partition coefficient (Wildman–Crippen LogP) is 3.63. The first-order chi connectivity index (χ1) is 12.7. The van der Waals surface area contributed by atoms with E-state index in [9.17, 15) is 5.11 Å². The topological polar surface area (TPSA) is 85.1 Å². The monoisotopic (exact) mass is 349 g/mol. The summed E-state index contributed by atoms with van der Waals surface area (Å²) < 4.78 is 0. The molecule has 134 valence electrons. The van der Waals surface area contributed by atoms with E-state index in [1.165, 1.54) is 0 Å². The summed E-state index contributed by atoms with van der Waals surface area (Å²) in [6.07, 6.45) is 5.77. The largest absolute Gasteiger partial charge is 0.383 e. The number of nitrogens with zero attached hydrogens (tertiary/aromatic N) is 5. The van der Waals surface area contributed by atoms with Crippen LogP contribution in [0.25, 0.3) is 21.3 Å². The molecule has 4 heterocycles. The molecule has 26 heavy (non-hydrogen) atoms. The first kappa shape index (κ1) is 17.0. The lowest BCUT2D eigenvalue weighted by atomic mass is 9.69. The van der Waals surface area contributed by atoms with Crippen molar-refractivity contribution < 1.29 is 5.11 Å².